The molecular weight excluding hydrogens is 551 g/mol. The average Bonchev–Trinajstić information content (AvgIpc) is 3.05. The lowest BCUT2D eigenvalue weighted by Gasteiger charge is -2.26. The van der Waals surface area contributed by atoms with Crippen molar-refractivity contribution >= 4 is 37.1 Å². The molecule has 0 saturated heterocycles. The highest BCUT2D eigenvalue weighted by molar-refractivity contribution is 8.02. The van der Waals surface area contributed by atoms with Crippen LogP contribution in [0.1, 0.15) is 63.0 Å². The second kappa shape index (κ2) is 13.9. The molecule has 13 heteroatoms. The molecule has 2 aliphatic rings. The van der Waals surface area contributed by atoms with Gasteiger partial charge in [0.15, 0.2) is 0 Å². The van der Waals surface area contributed by atoms with Gasteiger partial charge in [-0.2, -0.15) is 8.78 Å². The molecule has 1 aromatic carbocycles. The molecule has 2 atom stereocenters. The summed E-state index contributed by atoms with van der Waals surface area (Å²) in [7, 11) is -5.72. The summed E-state index contributed by atoms with van der Waals surface area (Å²) < 4.78 is 39.1. The third-order valence-electron chi connectivity index (χ3n) is 7.03. The Balaban J connectivity index is 1.62. The van der Waals surface area contributed by atoms with E-state index in [0.717, 1.165) is 25.0 Å². The average molecular weight is 588 g/mol. The van der Waals surface area contributed by atoms with E-state index in [4.69, 9.17) is 9.79 Å². The smallest absolute Gasteiger partial charge is 0.344 e. The van der Waals surface area contributed by atoms with Crippen molar-refractivity contribution in [1.82, 2.24) is 15.5 Å². The van der Waals surface area contributed by atoms with E-state index in [1.807, 2.05) is 5.41 Å². The number of hydrogen-bond acceptors (Lipinski definition) is 5. The van der Waals surface area contributed by atoms with E-state index in [9.17, 15) is 27.7 Å². The first-order valence-electron chi connectivity index (χ1n) is 13.1. The van der Waals surface area contributed by atoms with E-state index in [-0.39, 0.29) is 12.3 Å². The zero-order chi connectivity index (χ0) is 28.6. The number of hydrogen-bond donors (Lipinski definition) is 4. The number of rotatable bonds is 11. The van der Waals surface area contributed by atoms with Gasteiger partial charge in [-0.25, -0.2) is 0 Å². The number of benzene rings is 1. The molecule has 1 aliphatic heterocycles. The third-order valence-corrected chi connectivity index (χ3v) is 8.86. The maximum Gasteiger partial charge on any atom is 0.399 e. The Bertz CT molecular complexity index is 1090. The summed E-state index contributed by atoms with van der Waals surface area (Å²) in [4.78, 5) is 57.6. The van der Waals surface area contributed by atoms with Crippen LogP contribution in [0.4, 0.5) is 8.78 Å². The van der Waals surface area contributed by atoms with Crippen LogP contribution in [0.3, 0.4) is 0 Å². The number of carbonyl (C=O) groups is 3. The van der Waals surface area contributed by atoms with Crippen molar-refractivity contribution in [1.29, 1.82) is 0 Å². The number of nitrogens with zero attached hydrogens (tertiary/aromatic N) is 1. The summed E-state index contributed by atoms with van der Waals surface area (Å²) in [5.74, 6) is -0.312. The fourth-order valence-electron chi connectivity index (χ4n) is 4.90. The van der Waals surface area contributed by atoms with Crippen LogP contribution in [0.5, 0.6) is 0 Å². The lowest BCUT2D eigenvalue weighted by atomic mass is 9.86. The lowest BCUT2D eigenvalue weighted by Crippen LogP contribution is -2.54. The maximum absolute atomic E-state index is 14.0. The van der Waals surface area contributed by atoms with E-state index >= 15 is 0 Å². The number of alkyl halides is 2. The quantitative estimate of drug-likeness (QED) is 0.289. The molecule has 1 aliphatic carbocycles. The molecule has 4 N–H and O–H groups in total. The van der Waals surface area contributed by atoms with Crippen molar-refractivity contribution in [2.24, 2.45) is 5.92 Å². The largest absolute Gasteiger partial charge is 0.399 e. The molecule has 0 aromatic heterocycles. The van der Waals surface area contributed by atoms with Gasteiger partial charge in [-0.3, -0.25) is 18.9 Å². The topological polar surface area (TPSA) is 136 Å². The Kier molecular flexibility index (Phi) is 11.1. The normalized spacial score (nSPS) is 19.9. The lowest BCUT2D eigenvalue weighted by molar-refractivity contribution is -0.134. The molecule has 1 heterocycles. The van der Waals surface area contributed by atoms with Gasteiger partial charge in [-0.15, -0.1) is 11.8 Å². The zero-order valence-corrected chi connectivity index (χ0v) is 23.6. The van der Waals surface area contributed by atoms with Crippen LogP contribution in [0.25, 0.3) is 0 Å². The van der Waals surface area contributed by atoms with Crippen LogP contribution in [0.2, 0.25) is 0 Å². The van der Waals surface area contributed by atoms with Gasteiger partial charge in [0.25, 0.3) is 0 Å². The Labute approximate surface area is 231 Å². The SMILES string of the molecule is CC(=O)N[C@@H](Cc1ccc(C(F)(F)P(=O)(O)O)cc1)C(=O)N[C@H]1CSC=CN(CCCC2CCCCC2)C1=O. The van der Waals surface area contributed by atoms with Gasteiger partial charge >= 0.3 is 13.3 Å². The standard InChI is InChI=1S/C26H36F2N3O6PS/c1-18(32)29-22(16-20-9-11-21(12-10-20)26(27,28)38(35,36)37)24(33)30-23-17-39-15-14-31(25(23)34)13-5-8-19-6-3-2-4-7-19/h9-12,14-15,19,22-23H,2-8,13,16-17H2,1H3,(H,29,32)(H,30,33)(H2,35,36,37)/t22-,23-/m0/s1. The minimum absolute atomic E-state index is 0.0788. The number of amides is 3. The van der Waals surface area contributed by atoms with Crippen LogP contribution in [-0.4, -0.2) is 56.8 Å². The Morgan fingerprint density at radius 3 is 2.46 bits per heavy atom. The first-order valence-corrected chi connectivity index (χ1v) is 15.7. The van der Waals surface area contributed by atoms with Crippen molar-refractivity contribution in [2.75, 3.05) is 12.3 Å². The van der Waals surface area contributed by atoms with Crippen LogP contribution in [0.15, 0.2) is 35.9 Å². The third kappa shape index (κ3) is 8.86. The van der Waals surface area contributed by atoms with Crippen molar-refractivity contribution < 1.29 is 37.5 Å². The van der Waals surface area contributed by atoms with Crippen LogP contribution in [0, 0.1) is 5.92 Å². The van der Waals surface area contributed by atoms with Gasteiger partial charge < -0.3 is 25.3 Å². The molecule has 216 valence electrons. The second-order valence-electron chi connectivity index (χ2n) is 10.1. The summed E-state index contributed by atoms with van der Waals surface area (Å²) in [5.41, 5.74) is -4.84. The first-order chi connectivity index (χ1) is 18.4. The van der Waals surface area contributed by atoms with E-state index in [1.165, 1.54) is 62.9 Å². The first kappa shape index (κ1) is 31.3. The molecule has 3 rings (SSSR count). The second-order valence-corrected chi connectivity index (χ2v) is 12.7. The molecule has 0 unspecified atom stereocenters. The summed E-state index contributed by atoms with van der Waals surface area (Å²) in [6.45, 7) is 1.79. The van der Waals surface area contributed by atoms with Crippen molar-refractivity contribution in [2.45, 2.75) is 76.0 Å². The summed E-state index contributed by atoms with van der Waals surface area (Å²) in [6, 6.07) is 2.27. The van der Waals surface area contributed by atoms with Gasteiger partial charge in [-0.05, 0) is 29.7 Å². The minimum atomic E-state index is -5.72. The van der Waals surface area contributed by atoms with Gasteiger partial charge in [0.2, 0.25) is 17.7 Å². The molecule has 0 spiro atoms. The highest BCUT2D eigenvalue weighted by Gasteiger charge is 2.50. The van der Waals surface area contributed by atoms with E-state index in [0.29, 0.717) is 23.8 Å². The fraction of sp³-hybridized carbons (Fsp3) is 0.577. The Hall–Kier alpha value is -2.27. The number of nitrogens with one attached hydrogen (secondary N) is 2. The fourth-order valence-corrected chi connectivity index (χ4v) is 6.15. The highest BCUT2D eigenvalue weighted by Crippen LogP contribution is 2.59. The van der Waals surface area contributed by atoms with Gasteiger partial charge in [0.1, 0.15) is 12.1 Å². The summed E-state index contributed by atoms with van der Waals surface area (Å²) in [5, 5.41) is 7.08. The zero-order valence-electron chi connectivity index (χ0n) is 21.9. The van der Waals surface area contributed by atoms with E-state index in [2.05, 4.69) is 10.6 Å². The summed E-state index contributed by atoms with van der Waals surface area (Å²) >= 11 is 1.39. The summed E-state index contributed by atoms with van der Waals surface area (Å²) in [6.07, 6.45) is 9.87. The minimum Gasteiger partial charge on any atom is -0.344 e. The van der Waals surface area contributed by atoms with Gasteiger partial charge in [0.05, 0.1) is 0 Å². The molecular formula is C26H36F2N3O6PS. The van der Waals surface area contributed by atoms with Crippen LogP contribution >= 0.6 is 19.4 Å². The molecule has 1 fully saturated rings. The molecule has 9 nitrogen and oxygen atoms in total. The Morgan fingerprint density at radius 2 is 1.85 bits per heavy atom. The van der Waals surface area contributed by atoms with Crippen molar-refractivity contribution in [3.05, 3.63) is 47.0 Å². The molecule has 39 heavy (non-hydrogen) atoms. The predicted octanol–water partition coefficient (Wildman–Crippen LogP) is 3.85. The van der Waals surface area contributed by atoms with Crippen LogP contribution in [-0.2, 0) is 31.0 Å². The molecule has 1 aromatic rings. The van der Waals surface area contributed by atoms with Crippen molar-refractivity contribution in [3.8, 4) is 0 Å². The predicted molar refractivity (Wildman–Crippen MR) is 145 cm³/mol. The number of halogens is 2. The maximum atomic E-state index is 14.0. The van der Waals surface area contributed by atoms with E-state index in [1.54, 1.807) is 11.1 Å². The van der Waals surface area contributed by atoms with Crippen molar-refractivity contribution in [3.63, 3.8) is 0 Å². The van der Waals surface area contributed by atoms with E-state index < -0.39 is 42.7 Å². The van der Waals surface area contributed by atoms with Gasteiger partial charge in [-0.1, -0.05) is 56.4 Å². The number of thioether (sulfide) groups is 1. The highest BCUT2D eigenvalue weighted by atomic mass is 32.2. The van der Waals surface area contributed by atoms with Gasteiger partial charge in [0, 0.05) is 37.4 Å². The molecule has 0 radical (unpaired) electrons. The Morgan fingerprint density at radius 1 is 1.18 bits per heavy atom. The van der Waals surface area contributed by atoms with Crippen LogP contribution < -0.4 is 10.6 Å². The number of carbonyl (C=O) groups excluding carboxylic acids is 3. The molecule has 0 bridgehead atoms. The molecule has 1 saturated carbocycles. The monoisotopic (exact) mass is 587 g/mol. The molecule has 3 amide bonds.